The van der Waals surface area contributed by atoms with Crippen molar-refractivity contribution in [3.63, 3.8) is 0 Å². The Balaban J connectivity index is 1.35. The molecular weight excluding hydrogens is 356 g/mol. The Bertz CT molecular complexity index is 759. The van der Waals surface area contributed by atoms with Crippen molar-refractivity contribution in [2.75, 3.05) is 20.8 Å². The summed E-state index contributed by atoms with van der Waals surface area (Å²) < 4.78 is 15.8. The second-order valence-electron chi connectivity index (χ2n) is 8.67. The quantitative estimate of drug-likeness (QED) is 0.524. The van der Waals surface area contributed by atoms with Gasteiger partial charge in [0.25, 0.3) is 0 Å². The molecule has 5 heteroatoms. The van der Waals surface area contributed by atoms with Crippen molar-refractivity contribution in [1.82, 2.24) is 0 Å². The number of carbonyl (C=O) groups is 2. The van der Waals surface area contributed by atoms with Crippen LogP contribution in [-0.2, 0) is 14.3 Å². The number of esters is 1. The fourth-order valence-corrected chi connectivity index (χ4v) is 5.90. The van der Waals surface area contributed by atoms with Crippen LogP contribution in [0.1, 0.15) is 44.1 Å². The van der Waals surface area contributed by atoms with Crippen LogP contribution in [0.25, 0.3) is 6.08 Å². The first-order valence-electron chi connectivity index (χ1n) is 10.1. The zero-order valence-electron chi connectivity index (χ0n) is 16.6. The van der Waals surface area contributed by atoms with Gasteiger partial charge in [-0.05, 0) is 74.5 Å². The van der Waals surface area contributed by atoms with Gasteiger partial charge in [0.05, 0.1) is 14.2 Å². The largest absolute Gasteiger partial charge is 0.497 e. The van der Waals surface area contributed by atoms with Crippen molar-refractivity contribution in [3.05, 3.63) is 29.8 Å². The number of ether oxygens (including phenoxy) is 3. The summed E-state index contributed by atoms with van der Waals surface area (Å²) in [5, 5.41) is 0. The Kier molecular flexibility index (Phi) is 5.17. The fourth-order valence-electron chi connectivity index (χ4n) is 5.90. The number of hydrogen-bond donors (Lipinski definition) is 0. The number of methoxy groups -OCH3 is 2. The van der Waals surface area contributed by atoms with Crippen LogP contribution in [0.4, 0.5) is 0 Å². The average molecular weight is 384 g/mol. The van der Waals surface area contributed by atoms with E-state index < -0.39 is 5.97 Å². The lowest BCUT2D eigenvalue weighted by Gasteiger charge is -2.55. The molecule has 1 aromatic rings. The fraction of sp³-hybridized carbons (Fsp3) is 0.565. The molecule has 150 valence electrons. The van der Waals surface area contributed by atoms with Gasteiger partial charge in [0.1, 0.15) is 11.5 Å². The van der Waals surface area contributed by atoms with Crippen LogP contribution in [0, 0.1) is 23.2 Å². The minimum Gasteiger partial charge on any atom is -0.497 e. The second kappa shape index (κ2) is 7.61. The standard InChI is InChI=1S/C23H28O5/c1-26-19-5-3-18(20(10-19)27-2)4-6-22(25)28-14-21(24)23-11-15-7-16(12-23)9-17(8-15)13-23/h3-6,10,15-17H,7-9,11-14H2,1-2H3. The Hall–Kier alpha value is -2.30. The number of rotatable bonds is 7. The third-order valence-electron chi connectivity index (χ3n) is 6.81. The summed E-state index contributed by atoms with van der Waals surface area (Å²) in [6.45, 7) is -0.116. The highest BCUT2D eigenvalue weighted by molar-refractivity contribution is 5.92. The maximum Gasteiger partial charge on any atom is 0.331 e. The lowest BCUT2D eigenvalue weighted by atomic mass is 9.48. The number of carbonyl (C=O) groups excluding carboxylic acids is 2. The minimum absolute atomic E-state index is 0.116. The van der Waals surface area contributed by atoms with Gasteiger partial charge in [-0.25, -0.2) is 4.79 Å². The van der Waals surface area contributed by atoms with Gasteiger partial charge < -0.3 is 14.2 Å². The monoisotopic (exact) mass is 384 g/mol. The molecule has 0 aromatic heterocycles. The van der Waals surface area contributed by atoms with Crippen molar-refractivity contribution in [2.45, 2.75) is 38.5 Å². The van der Waals surface area contributed by atoms with Crippen molar-refractivity contribution in [3.8, 4) is 11.5 Å². The van der Waals surface area contributed by atoms with E-state index in [2.05, 4.69) is 0 Å². The Morgan fingerprint density at radius 1 is 1.04 bits per heavy atom. The molecule has 0 saturated heterocycles. The molecule has 0 aliphatic heterocycles. The summed E-state index contributed by atoms with van der Waals surface area (Å²) in [6.07, 6.45) is 9.83. The molecule has 4 fully saturated rings. The van der Waals surface area contributed by atoms with E-state index in [1.165, 1.54) is 25.3 Å². The Morgan fingerprint density at radius 2 is 1.68 bits per heavy atom. The molecule has 0 radical (unpaired) electrons. The molecule has 1 aromatic carbocycles. The van der Waals surface area contributed by atoms with Crippen LogP contribution < -0.4 is 9.47 Å². The minimum atomic E-state index is -0.504. The predicted octanol–water partition coefficient (Wildman–Crippen LogP) is 4.05. The first kappa shape index (κ1) is 19.0. The van der Waals surface area contributed by atoms with Gasteiger partial charge in [0, 0.05) is 23.1 Å². The van der Waals surface area contributed by atoms with Crippen molar-refractivity contribution in [2.24, 2.45) is 23.2 Å². The predicted molar refractivity (Wildman–Crippen MR) is 105 cm³/mol. The molecule has 0 N–H and O–H groups in total. The molecule has 5 rings (SSSR count). The first-order chi connectivity index (χ1) is 13.5. The van der Waals surface area contributed by atoms with Gasteiger partial charge >= 0.3 is 5.97 Å². The zero-order chi connectivity index (χ0) is 19.7. The zero-order valence-corrected chi connectivity index (χ0v) is 16.6. The number of Topliss-reactive ketones (excluding diaryl/α,β-unsaturated/α-hetero) is 1. The van der Waals surface area contributed by atoms with E-state index in [1.54, 1.807) is 32.4 Å². The van der Waals surface area contributed by atoms with E-state index in [1.807, 2.05) is 6.07 Å². The topological polar surface area (TPSA) is 61.8 Å². The molecule has 4 aliphatic carbocycles. The molecule has 0 unspecified atom stereocenters. The third kappa shape index (κ3) is 3.67. The van der Waals surface area contributed by atoms with Gasteiger partial charge in [0.2, 0.25) is 0 Å². The van der Waals surface area contributed by atoms with Gasteiger partial charge in [-0.1, -0.05) is 0 Å². The molecule has 0 heterocycles. The van der Waals surface area contributed by atoms with Gasteiger partial charge in [-0.3, -0.25) is 4.79 Å². The highest BCUT2D eigenvalue weighted by Gasteiger charge is 2.54. The van der Waals surface area contributed by atoms with Crippen molar-refractivity contribution in [1.29, 1.82) is 0 Å². The van der Waals surface area contributed by atoms with E-state index in [0.29, 0.717) is 29.3 Å². The smallest absolute Gasteiger partial charge is 0.331 e. The van der Waals surface area contributed by atoms with Crippen LogP contribution >= 0.6 is 0 Å². The average Bonchev–Trinajstić information content (AvgIpc) is 2.69. The molecule has 0 amide bonds. The lowest BCUT2D eigenvalue weighted by molar-refractivity contribution is -0.155. The first-order valence-corrected chi connectivity index (χ1v) is 10.1. The van der Waals surface area contributed by atoms with Crippen LogP contribution in [0.5, 0.6) is 11.5 Å². The maximum atomic E-state index is 12.9. The lowest BCUT2D eigenvalue weighted by Crippen LogP contribution is -2.51. The van der Waals surface area contributed by atoms with E-state index >= 15 is 0 Å². The Labute approximate surface area is 166 Å². The van der Waals surface area contributed by atoms with E-state index in [-0.39, 0.29) is 17.8 Å². The number of hydrogen-bond acceptors (Lipinski definition) is 5. The second-order valence-corrected chi connectivity index (χ2v) is 8.67. The molecule has 4 bridgehead atoms. The summed E-state index contributed by atoms with van der Waals surface area (Å²) in [4.78, 5) is 25.1. The van der Waals surface area contributed by atoms with Crippen molar-refractivity contribution >= 4 is 17.8 Å². The van der Waals surface area contributed by atoms with Gasteiger partial charge in [-0.2, -0.15) is 0 Å². The molecule has 0 atom stereocenters. The van der Waals surface area contributed by atoms with Crippen molar-refractivity contribution < 1.29 is 23.8 Å². The van der Waals surface area contributed by atoms with Crippen LogP contribution in [0.15, 0.2) is 24.3 Å². The molecule has 28 heavy (non-hydrogen) atoms. The number of benzene rings is 1. The third-order valence-corrected chi connectivity index (χ3v) is 6.81. The summed E-state index contributed by atoms with van der Waals surface area (Å²) >= 11 is 0. The highest BCUT2D eigenvalue weighted by Crippen LogP contribution is 2.60. The highest BCUT2D eigenvalue weighted by atomic mass is 16.5. The molecule has 4 saturated carbocycles. The van der Waals surface area contributed by atoms with E-state index in [0.717, 1.165) is 24.8 Å². The Morgan fingerprint density at radius 3 is 2.25 bits per heavy atom. The van der Waals surface area contributed by atoms with Crippen LogP contribution in [0.3, 0.4) is 0 Å². The van der Waals surface area contributed by atoms with Gasteiger partial charge in [-0.15, -0.1) is 0 Å². The van der Waals surface area contributed by atoms with E-state index in [4.69, 9.17) is 14.2 Å². The molecule has 0 spiro atoms. The maximum absolute atomic E-state index is 12.9. The number of ketones is 1. The van der Waals surface area contributed by atoms with Crippen LogP contribution in [-0.4, -0.2) is 32.6 Å². The van der Waals surface area contributed by atoms with E-state index in [9.17, 15) is 9.59 Å². The summed E-state index contributed by atoms with van der Waals surface area (Å²) in [7, 11) is 3.15. The van der Waals surface area contributed by atoms with Crippen LogP contribution in [0.2, 0.25) is 0 Å². The summed E-state index contributed by atoms with van der Waals surface area (Å²) in [6, 6.07) is 5.35. The molecule has 4 aliphatic rings. The molecule has 5 nitrogen and oxygen atoms in total. The SMILES string of the molecule is COc1ccc(C=CC(=O)OCC(=O)C23CC4CC(CC(C4)C2)C3)c(OC)c1. The summed E-state index contributed by atoms with van der Waals surface area (Å²) in [5.74, 6) is 3.01. The normalized spacial score (nSPS) is 30.4. The van der Waals surface area contributed by atoms with Gasteiger partial charge in [0.15, 0.2) is 12.4 Å². The summed E-state index contributed by atoms with van der Waals surface area (Å²) in [5.41, 5.74) is 0.519. The molecular formula is C23H28O5.